The van der Waals surface area contributed by atoms with Gasteiger partial charge < -0.3 is 19.6 Å². The molecular formula is C52H50N8. The first kappa shape index (κ1) is 37.5. The number of hydrogen-bond donors (Lipinski definition) is 0. The van der Waals surface area contributed by atoms with Crippen molar-refractivity contribution in [2.45, 2.75) is 72.6 Å². The van der Waals surface area contributed by atoms with Crippen molar-refractivity contribution >= 4 is 52.9 Å². The molecule has 60 heavy (non-hydrogen) atoms. The molecule has 0 fully saturated rings. The monoisotopic (exact) mass is 786 g/mol. The molecule has 0 spiro atoms. The summed E-state index contributed by atoms with van der Waals surface area (Å²) in [5.41, 5.74) is 13.6. The SMILES string of the molecule is C=NC1=C(/N=C\C)N(c2ccccc2)C2N1c1ccccc1C(=C)CC1(C)c3ccc(-c4c(C)cccc4C)cc3N3c4nccnc4N(c4cc(C)cc(C)c4)C3C21C. The van der Waals surface area contributed by atoms with E-state index < -0.39 is 10.8 Å². The topological polar surface area (TPSA) is 63.5 Å². The van der Waals surface area contributed by atoms with Crippen molar-refractivity contribution in [2.24, 2.45) is 15.4 Å². The Labute approximate surface area is 353 Å². The van der Waals surface area contributed by atoms with E-state index in [0.717, 1.165) is 51.3 Å². The van der Waals surface area contributed by atoms with Crippen LogP contribution in [-0.4, -0.2) is 35.2 Å². The highest BCUT2D eigenvalue weighted by atomic mass is 15.5. The van der Waals surface area contributed by atoms with E-state index in [2.05, 4.69) is 177 Å². The third kappa shape index (κ3) is 5.09. The fraction of sp³-hybridized carbons (Fsp3) is 0.231. The van der Waals surface area contributed by atoms with E-state index in [1.165, 1.54) is 38.9 Å². The number of nitrogens with zero attached hydrogens (tertiary/aromatic N) is 8. The Hall–Kier alpha value is -6.80. The number of aliphatic imine (C=N–C) groups is 2. The van der Waals surface area contributed by atoms with Gasteiger partial charge in [0, 0.05) is 46.6 Å². The van der Waals surface area contributed by atoms with Crippen molar-refractivity contribution < 1.29 is 0 Å². The number of para-hydroxylation sites is 2. The Morgan fingerprint density at radius 1 is 0.667 bits per heavy atom. The van der Waals surface area contributed by atoms with Gasteiger partial charge in [-0.2, -0.15) is 0 Å². The highest BCUT2D eigenvalue weighted by molar-refractivity contribution is 5.91. The first-order valence-corrected chi connectivity index (χ1v) is 20.8. The van der Waals surface area contributed by atoms with Gasteiger partial charge >= 0.3 is 0 Å². The zero-order chi connectivity index (χ0) is 41.7. The Kier molecular flexibility index (Phi) is 8.51. The standard InChI is InChI=1S/C52H50N8/c1-10-54-46-45(53-9)59-42-22-15-14-21-40(42)36(6)31-51(7)41-24-23-37(44-34(4)17-16-18-35(44)5)30-43(41)60-48-47(55-25-26-56-48)58(39-28-32(2)27-33(3)29-39)50(60)52(51,8)49(59)57(46)38-19-12-11-13-20-38/h10-30,49-50H,6,9,31H2,1-5,7-8H3/b54-10-. The van der Waals surface area contributed by atoms with E-state index in [0.29, 0.717) is 12.2 Å². The lowest BCUT2D eigenvalue weighted by Gasteiger charge is -2.64. The van der Waals surface area contributed by atoms with Crippen molar-refractivity contribution in [2.75, 3.05) is 19.6 Å². The summed E-state index contributed by atoms with van der Waals surface area (Å²) < 4.78 is 0. The van der Waals surface area contributed by atoms with Crippen LogP contribution in [0.4, 0.5) is 34.4 Å². The lowest BCUT2D eigenvalue weighted by molar-refractivity contribution is 0.0769. The molecule has 4 aliphatic heterocycles. The molecule has 5 heterocycles. The Morgan fingerprint density at radius 3 is 2.00 bits per heavy atom. The molecule has 4 unspecified atom stereocenters. The summed E-state index contributed by atoms with van der Waals surface area (Å²) in [5, 5.41) is 0. The molecule has 4 aliphatic rings. The van der Waals surface area contributed by atoms with Crippen LogP contribution >= 0.6 is 0 Å². The Morgan fingerprint density at radius 2 is 1.32 bits per heavy atom. The largest absolute Gasteiger partial charge is 0.301 e. The van der Waals surface area contributed by atoms with Crippen molar-refractivity contribution in [3.05, 3.63) is 173 Å². The number of aromatic nitrogens is 2. The molecule has 8 heteroatoms. The first-order chi connectivity index (χ1) is 29.0. The fourth-order valence-corrected chi connectivity index (χ4v) is 11.1. The molecule has 6 aromatic rings. The van der Waals surface area contributed by atoms with Gasteiger partial charge in [0.25, 0.3) is 0 Å². The van der Waals surface area contributed by atoms with Gasteiger partial charge in [-0.05, 0) is 129 Å². The maximum absolute atomic E-state index is 5.24. The predicted molar refractivity (Wildman–Crippen MR) is 249 cm³/mol. The smallest absolute Gasteiger partial charge is 0.178 e. The molecule has 1 aromatic heterocycles. The molecule has 10 rings (SSSR count). The molecule has 0 N–H and O–H groups in total. The van der Waals surface area contributed by atoms with Crippen molar-refractivity contribution in [1.82, 2.24) is 9.97 Å². The molecular weight excluding hydrogens is 737 g/mol. The van der Waals surface area contributed by atoms with Crippen LogP contribution in [0.1, 0.15) is 60.6 Å². The quantitative estimate of drug-likeness (QED) is 0.162. The predicted octanol–water partition coefficient (Wildman–Crippen LogP) is 12.0. The van der Waals surface area contributed by atoms with Crippen LogP contribution in [0.3, 0.4) is 0 Å². The summed E-state index contributed by atoms with van der Waals surface area (Å²) in [6.07, 6.45) is 5.47. The highest BCUT2D eigenvalue weighted by Gasteiger charge is 2.70. The Balaban J connectivity index is 1.38. The average Bonchev–Trinajstić information content (AvgIpc) is 3.76. The molecule has 0 amide bonds. The number of benzene rings is 5. The zero-order valence-corrected chi connectivity index (χ0v) is 35.5. The van der Waals surface area contributed by atoms with Gasteiger partial charge in [0.05, 0.1) is 11.1 Å². The molecule has 0 saturated heterocycles. The lowest BCUT2D eigenvalue weighted by atomic mass is 9.52. The van der Waals surface area contributed by atoms with Crippen LogP contribution in [0, 0.1) is 33.1 Å². The van der Waals surface area contributed by atoms with Gasteiger partial charge in [-0.15, -0.1) is 0 Å². The second kappa shape index (κ2) is 13.6. The number of fused-ring (bicyclic) bond motifs is 12. The van der Waals surface area contributed by atoms with E-state index in [4.69, 9.17) is 26.5 Å². The van der Waals surface area contributed by atoms with E-state index in [1.807, 2.05) is 25.5 Å². The average molecular weight is 787 g/mol. The van der Waals surface area contributed by atoms with Gasteiger partial charge in [-0.1, -0.05) is 93.2 Å². The van der Waals surface area contributed by atoms with Crippen molar-refractivity contribution in [3.63, 3.8) is 0 Å². The maximum Gasteiger partial charge on any atom is 0.178 e. The van der Waals surface area contributed by atoms with Crippen molar-refractivity contribution in [1.29, 1.82) is 0 Å². The van der Waals surface area contributed by atoms with E-state index in [1.54, 1.807) is 0 Å². The third-order valence-electron chi connectivity index (χ3n) is 13.7. The van der Waals surface area contributed by atoms with Crippen LogP contribution in [0.5, 0.6) is 0 Å². The second-order valence-corrected chi connectivity index (χ2v) is 17.2. The third-order valence-corrected chi connectivity index (χ3v) is 13.7. The van der Waals surface area contributed by atoms with Gasteiger partial charge in [0.1, 0.15) is 12.3 Å². The highest BCUT2D eigenvalue weighted by Crippen LogP contribution is 2.68. The van der Waals surface area contributed by atoms with E-state index in [-0.39, 0.29) is 12.3 Å². The number of rotatable bonds is 5. The number of hydrogen-bond acceptors (Lipinski definition) is 8. The molecule has 0 radical (unpaired) electrons. The minimum Gasteiger partial charge on any atom is -0.301 e. The van der Waals surface area contributed by atoms with E-state index in [9.17, 15) is 0 Å². The van der Waals surface area contributed by atoms with Crippen LogP contribution in [0.25, 0.3) is 16.7 Å². The first-order valence-electron chi connectivity index (χ1n) is 20.8. The summed E-state index contributed by atoms with van der Waals surface area (Å²) in [7, 11) is 0. The summed E-state index contributed by atoms with van der Waals surface area (Å²) in [5.74, 6) is 3.08. The zero-order valence-electron chi connectivity index (χ0n) is 35.5. The van der Waals surface area contributed by atoms with Crippen molar-refractivity contribution in [3.8, 4) is 11.1 Å². The maximum atomic E-state index is 5.24. The Bertz CT molecular complexity index is 2780. The summed E-state index contributed by atoms with van der Waals surface area (Å²) >= 11 is 0. The normalized spacial score (nSPS) is 22.8. The van der Waals surface area contributed by atoms with E-state index >= 15 is 0 Å². The fourth-order valence-electron chi connectivity index (χ4n) is 11.1. The molecule has 0 aliphatic carbocycles. The second-order valence-electron chi connectivity index (χ2n) is 17.2. The summed E-state index contributed by atoms with van der Waals surface area (Å²) in [6.45, 7) is 24.8. The number of allylic oxidation sites excluding steroid dienone is 1. The summed E-state index contributed by atoms with van der Waals surface area (Å²) in [4.78, 5) is 30.3. The molecule has 0 bridgehead atoms. The van der Waals surface area contributed by atoms with Gasteiger partial charge in [0.2, 0.25) is 0 Å². The van der Waals surface area contributed by atoms with Crippen LogP contribution in [0.15, 0.2) is 150 Å². The van der Waals surface area contributed by atoms with Crippen LogP contribution < -0.4 is 19.6 Å². The van der Waals surface area contributed by atoms with Crippen LogP contribution in [-0.2, 0) is 5.41 Å². The summed E-state index contributed by atoms with van der Waals surface area (Å²) in [6, 6.07) is 39.8. The molecule has 4 atom stereocenters. The molecule has 8 nitrogen and oxygen atoms in total. The molecule has 0 saturated carbocycles. The minimum absolute atomic E-state index is 0.352. The molecule has 5 aromatic carbocycles. The minimum atomic E-state index is -0.715. The van der Waals surface area contributed by atoms with Gasteiger partial charge in [-0.25, -0.2) is 20.0 Å². The van der Waals surface area contributed by atoms with Crippen LogP contribution in [0.2, 0.25) is 0 Å². The molecule has 298 valence electrons. The van der Waals surface area contributed by atoms with Gasteiger partial charge in [0.15, 0.2) is 23.3 Å². The lowest BCUT2D eigenvalue weighted by Crippen LogP contribution is -2.72. The number of aryl methyl sites for hydroxylation is 4. The number of anilines is 6. The van der Waals surface area contributed by atoms with Gasteiger partial charge in [-0.3, -0.25) is 0 Å².